The summed E-state index contributed by atoms with van der Waals surface area (Å²) in [6.45, 7) is 7.63. The molecule has 0 aliphatic rings. The number of halogens is 1. The van der Waals surface area contributed by atoms with Crippen LogP contribution in [0.2, 0.25) is 0 Å². The molecule has 0 fully saturated rings. The summed E-state index contributed by atoms with van der Waals surface area (Å²) in [5.74, 6) is 0. The molecule has 0 unspecified atom stereocenters. The molecule has 0 amide bonds. The van der Waals surface area contributed by atoms with Crippen molar-refractivity contribution in [2.75, 3.05) is 25.2 Å². The number of methoxy groups -OCH3 is 1. The lowest BCUT2D eigenvalue weighted by atomic mass is 10.1. The quantitative estimate of drug-likeness (QED) is 0.873. The molecule has 0 spiro atoms. The van der Waals surface area contributed by atoms with Gasteiger partial charge < -0.3 is 14.7 Å². The van der Waals surface area contributed by atoms with Crippen LogP contribution in [0.1, 0.15) is 32.4 Å². The molecule has 4 heteroatoms. The van der Waals surface area contributed by atoms with Crippen LogP contribution in [0, 0.1) is 0 Å². The van der Waals surface area contributed by atoms with E-state index in [1.54, 1.807) is 14.0 Å². The lowest BCUT2D eigenvalue weighted by Gasteiger charge is -2.30. The molecule has 0 aliphatic heterocycles. The summed E-state index contributed by atoms with van der Waals surface area (Å²) in [4.78, 5) is 2.28. The molecule has 1 atom stereocenters. The second-order valence-electron chi connectivity index (χ2n) is 4.67. The highest BCUT2D eigenvalue weighted by Gasteiger charge is 2.14. The Morgan fingerprint density at radius 2 is 2.00 bits per heavy atom. The normalized spacial score (nSPS) is 12.8. The van der Waals surface area contributed by atoms with E-state index in [0.29, 0.717) is 12.6 Å². The Labute approximate surface area is 118 Å². The number of hydrogen-bond acceptors (Lipinski definition) is 3. The minimum atomic E-state index is -0.443. The molecule has 3 nitrogen and oxygen atoms in total. The van der Waals surface area contributed by atoms with Crippen LogP contribution in [0.5, 0.6) is 0 Å². The first kappa shape index (κ1) is 15.5. The molecule has 0 aliphatic carbocycles. The molecule has 0 saturated carbocycles. The molecule has 1 aromatic rings. The molecule has 0 bridgehead atoms. The van der Waals surface area contributed by atoms with Crippen molar-refractivity contribution < 1.29 is 9.84 Å². The molecule has 1 rings (SSSR count). The van der Waals surface area contributed by atoms with Crippen molar-refractivity contribution in [1.29, 1.82) is 0 Å². The smallest absolute Gasteiger partial charge is 0.0762 e. The van der Waals surface area contributed by atoms with Crippen molar-refractivity contribution in [2.45, 2.75) is 32.9 Å². The number of aliphatic hydroxyl groups excluding tert-OH is 1. The second-order valence-corrected chi connectivity index (χ2v) is 5.52. The van der Waals surface area contributed by atoms with Gasteiger partial charge in [0, 0.05) is 24.2 Å². The van der Waals surface area contributed by atoms with Crippen LogP contribution in [-0.4, -0.2) is 31.4 Å². The summed E-state index contributed by atoms with van der Waals surface area (Å²) < 4.78 is 6.15. The van der Waals surface area contributed by atoms with Crippen molar-refractivity contribution in [2.24, 2.45) is 0 Å². The third-order valence-corrected chi connectivity index (χ3v) is 3.56. The zero-order valence-corrected chi connectivity index (χ0v) is 13.1. The molecule has 1 aromatic carbocycles. The van der Waals surface area contributed by atoms with E-state index in [4.69, 9.17) is 4.74 Å². The molecule has 1 N–H and O–H groups in total. The van der Waals surface area contributed by atoms with Crippen LogP contribution in [0.4, 0.5) is 5.69 Å². The van der Waals surface area contributed by atoms with Gasteiger partial charge >= 0.3 is 0 Å². The molecule has 18 heavy (non-hydrogen) atoms. The van der Waals surface area contributed by atoms with Crippen molar-refractivity contribution in [3.8, 4) is 0 Å². The van der Waals surface area contributed by atoms with Gasteiger partial charge in [0.2, 0.25) is 0 Å². The van der Waals surface area contributed by atoms with E-state index in [9.17, 15) is 5.11 Å². The van der Waals surface area contributed by atoms with Crippen LogP contribution in [0.15, 0.2) is 22.7 Å². The highest BCUT2D eigenvalue weighted by atomic mass is 79.9. The lowest BCUT2D eigenvalue weighted by Crippen LogP contribution is -2.34. The standard InChI is InChI=1S/C14H22BrNO2/c1-10(2)16(7-8-18-4)14-6-5-12(11(3)17)9-13(14)15/h5-6,9-11,17H,7-8H2,1-4H3/t11-/m1/s1. The summed E-state index contributed by atoms with van der Waals surface area (Å²) in [5.41, 5.74) is 2.05. The second kappa shape index (κ2) is 7.12. The van der Waals surface area contributed by atoms with Crippen LogP contribution in [0.3, 0.4) is 0 Å². The molecule has 0 aromatic heterocycles. The van der Waals surface area contributed by atoms with Gasteiger partial charge in [0.1, 0.15) is 0 Å². The Kier molecular flexibility index (Phi) is 6.12. The molecule has 102 valence electrons. The Morgan fingerprint density at radius 1 is 1.33 bits per heavy atom. The van der Waals surface area contributed by atoms with Gasteiger partial charge in [-0.15, -0.1) is 0 Å². The van der Waals surface area contributed by atoms with Gasteiger partial charge in [0.05, 0.1) is 18.4 Å². The monoisotopic (exact) mass is 315 g/mol. The van der Waals surface area contributed by atoms with Crippen LogP contribution in [0.25, 0.3) is 0 Å². The average Bonchev–Trinajstić information content (AvgIpc) is 2.30. The fourth-order valence-electron chi connectivity index (χ4n) is 1.86. The fraction of sp³-hybridized carbons (Fsp3) is 0.571. The van der Waals surface area contributed by atoms with Gasteiger partial charge in [0.25, 0.3) is 0 Å². The zero-order chi connectivity index (χ0) is 13.7. The van der Waals surface area contributed by atoms with E-state index < -0.39 is 6.10 Å². The number of benzene rings is 1. The number of nitrogens with zero attached hydrogens (tertiary/aromatic N) is 1. The minimum absolute atomic E-state index is 0.397. The van der Waals surface area contributed by atoms with Crippen molar-refractivity contribution >= 4 is 21.6 Å². The minimum Gasteiger partial charge on any atom is -0.389 e. The summed E-state index contributed by atoms with van der Waals surface area (Å²) in [7, 11) is 1.71. The molecular formula is C14H22BrNO2. The van der Waals surface area contributed by atoms with Crippen LogP contribution in [-0.2, 0) is 4.74 Å². The molecule has 0 radical (unpaired) electrons. The fourth-order valence-corrected chi connectivity index (χ4v) is 2.49. The molecular weight excluding hydrogens is 294 g/mol. The first-order valence-electron chi connectivity index (χ1n) is 6.20. The van der Waals surface area contributed by atoms with Crippen molar-refractivity contribution in [1.82, 2.24) is 0 Å². The van der Waals surface area contributed by atoms with E-state index in [1.165, 1.54) is 0 Å². The highest BCUT2D eigenvalue weighted by molar-refractivity contribution is 9.10. The first-order chi connectivity index (χ1) is 8.47. The van der Waals surface area contributed by atoms with Gasteiger partial charge in [-0.1, -0.05) is 6.07 Å². The van der Waals surface area contributed by atoms with Crippen LogP contribution >= 0.6 is 15.9 Å². The third-order valence-electron chi connectivity index (χ3n) is 2.92. The Morgan fingerprint density at radius 3 is 2.44 bits per heavy atom. The zero-order valence-electron chi connectivity index (χ0n) is 11.5. The maximum Gasteiger partial charge on any atom is 0.0762 e. The largest absolute Gasteiger partial charge is 0.389 e. The maximum atomic E-state index is 9.57. The van der Waals surface area contributed by atoms with Gasteiger partial charge in [-0.2, -0.15) is 0 Å². The summed E-state index contributed by atoms with van der Waals surface area (Å²) in [6, 6.07) is 6.38. The molecule has 0 saturated heterocycles. The predicted octanol–water partition coefficient (Wildman–Crippen LogP) is 3.36. The average molecular weight is 316 g/mol. The van der Waals surface area contributed by atoms with Crippen molar-refractivity contribution in [3.63, 3.8) is 0 Å². The maximum absolute atomic E-state index is 9.57. The molecule has 0 heterocycles. The van der Waals surface area contributed by atoms with Gasteiger partial charge in [-0.05, 0) is 54.4 Å². The van der Waals surface area contributed by atoms with Gasteiger partial charge in [0.15, 0.2) is 0 Å². The summed E-state index contributed by atoms with van der Waals surface area (Å²) in [5, 5.41) is 9.57. The summed E-state index contributed by atoms with van der Waals surface area (Å²) >= 11 is 3.58. The Bertz CT molecular complexity index is 380. The van der Waals surface area contributed by atoms with E-state index in [-0.39, 0.29) is 0 Å². The van der Waals surface area contributed by atoms with Gasteiger partial charge in [-0.25, -0.2) is 0 Å². The number of hydrogen-bond donors (Lipinski definition) is 1. The number of rotatable bonds is 6. The SMILES string of the molecule is COCCN(c1ccc([C@@H](C)O)cc1Br)C(C)C. The van der Waals surface area contributed by atoms with Crippen LogP contribution < -0.4 is 4.90 Å². The topological polar surface area (TPSA) is 32.7 Å². The van der Waals surface area contributed by atoms with E-state index >= 15 is 0 Å². The number of ether oxygens (including phenoxy) is 1. The number of aliphatic hydroxyl groups is 1. The van der Waals surface area contributed by atoms with Gasteiger partial charge in [-0.3, -0.25) is 0 Å². The first-order valence-corrected chi connectivity index (χ1v) is 6.99. The highest BCUT2D eigenvalue weighted by Crippen LogP contribution is 2.30. The van der Waals surface area contributed by atoms with Crippen molar-refractivity contribution in [3.05, 3.63) is 28.2 Å². The number of anilines is 1. The predicted molar refractivity (Wildman–Crippen MR) is 79.1 cm³/mol. The Balaban J connectivity index is 2.98. The van der Waals surface area contributed by atoms with E-state index in [2.05, 4.69) is 34.7 Å². The van der Waals surface area contributed by atoms with E-state index in [1.807, 2.05) is 18.2 Å². The van der Waals surface area contributed by atoms with E-state index in [0.717, 1.165) is 22.3 Å². The third kappa shape index (κ3) is 3.97. The Hall–Kier alpha value is -0.580. The lowest BCUT2D eigenvalue weighted by molar-refractivity contribution is 0.199. The summed E-state index contributed by atoms with van der Waals surface area (Å²) in [6.07, 6.45) is -0.443.